The van der Waals surface area contributed by atoms with Crippen molar-refractivity contribution < 1.29 is 24.4 Å². The Morgan fingerprint density at radius 3 is 2.25 bits per heavy atom. The fourth-order valence-electron chi connectivity index (χ4n) is 2.03. The summed E-state index contributed by atoms with van der Waals surface area (Å²) >= 11 is 0. The fraction of sp³-hybridized carbons (Fsp3) is 1.00. The maximum Gasteiger partial charge on any atom is 0.186 e. The maximum absolute atomic E-state index is 10.2. The molecular weight excluding hydrogens is 266 g/mol. The molecule has 116 valence electrons. The molecule has 1 rings (SSSR count). The molecule has 0 amide bonds. The molecule has 1 heterocycles. The molecule has 8 heteroatoms. The Morgan fingerprint density at radius 1 is 1.15 bits per heavy atom. The van der Waals surface area contributed by atoms with E-state index in [1.54, 1.807) is 27.7 Å². The molecule has 0 aliphatic carbocycles. The average Bonchev–Trinajstić information content (AvgIpc) is 2.36. The van der Waals surface area contributed by atoms with Crippen LogP contribution in [0.5, 0.6) is 0 Å². The molecular formula is C12H23N3O5. The van der Waals surface area contributed by atoms with Crippen LogP contribution in [0.2, 0.25) is 0 Å². The van der Waals surface area contributed by atoms with Crippen molar-refractivity contribution >= 4 is 0 Å². The Kier molecular flexibility index (Phi) is 6.67. The third-order valence-electron chi connectivity index (χ3n) is 2.80. The lowest BCUT2D eigenvalue weighted by atomic mass is 9.98. The third kappa shape index (κ3) is 4.59. The number of rotatable bonds is 6. The summed E-state index contributed by atoms with van der Waals surface area (Å²) < 4.78 is 16.6. The second kappa shape index (κ2) is 7.78. The largest absolute Gasteiger partial charge is 0.387 e. The van der Waals surface area contributed by atoms with Crippen LogP contribution in [0.3, 0.4) is 0 Å². The van der Waals surface area contributed by atoms with Gasteiger partial charge >= 0.3 is 0 Å². The van der Waals surface area contributed by atoms with Gasteiger partial charge in [0.15, 0.2) is 6.29 Å². The standard InChI is InChI=1S/C12H23N3O5/c1-6(2)18-11-8(5-14-15-13)20-12(19-7(3)4)10(17)9(11)16/h6-12,16-17H,5H2,1-4H3/t8?,9?,10?,11-,12-/m1/s1. The first-order chi connectivity index (χ1) is 9.36. The minimum atomic E-state index is -1.22. The molecule has 1 aliphatic rings. The number of hydrogen-bond donors (Lipinski definition) is 2. The Labute approximate surface area is 118 Å². The molecule has 20 heavy (non-hydrogen) atoms. The smallest absolute Gasteiger partial charge is 0.186 e. The van der Waals surface area contributed by atoms with E-state index in [2.05, 4.69) is 10.0 Å². The van der Waals surface area contributed by atoms with Crippen LogP contribution in [-0.4, -0.2) is 59.7 Å². The molecule has 0 radical (unpaired) electrons. The molecule has 0 spiro atoms. The summed E-state index contributed by atoms with van der Waals surface area (Å²) in [7, 11) is 0. The van der Waals surface area contributed by atoms with Crippen molar-refractivity contribution in [2.45, 2.75) is 70.6 Å². The van der Waals surface area contributed by atoms with E-state index in [0.29, 0.717) is 0 Å². The monoisotopic (exact) mass is 289 g/mol. The zero-order chi connectivity index (χ0) is 15.3. The summed E-state index contributed by atoms with van der Waals surface area (Å²) in [4.78, 5) is 2.68. The van der Waals surface area contributed by atoms with E-state index in [4.69, 9.17) is 19.7 Å². The van der Waals surface area contributed by atoms with Crippen molar-refractivity contribution in [1.82, 2.24) is 0 Å². The number of ether oxygens (including phenoxy) is 3. The van der Waals surface area contributed by atoms with Crippen molar-refractivity contribution in [3.8, 4) is 0 Å². The van der Waals surface area contributed by atoms with Crippen molar-refractivity contribution in [2.24, 2.45) is 5.11 Å². The number of aliphatic hydroxyl groups is 2. The Bertz CT molecular complexity index is 346. The van der Waals surface area contributed by atoms with Gasteiger partial charge < -0.3 is 24.4 Å². The summed E-state index contributed by atoms with van der Waals surface area (Å²) in [5, 5.41) is 23.7. The zero-order valence-corrected chi connectivity index (χ0v) is 12.2. The van der Waals surface area contributed by atoms with E-state index in [-0.39, 0.29) is 18.8 Å². The molecule has 8 nitrogen and oxygen atoms in total. The quantitative estimate of drug-likeness (QED) is 0.429. The molecule has 1 fully saturated rings. The second-order valence-electron chi connectivity index (χ2n) is 5.27. The Hall–Kier alpha value is -0.890. The van der Waals surface area contributed by atoms with Crippen LogP contribution in [0, 0.1) is 0 Å². The first kappa shape index (κ1) is 17.2. The predicted molar refractivity (Wildman–Crippen MR) is 70.9 cm³/mol. The van der Waals surface area contributed by atoms with Crippen LogP contribution in [0.25, 0.3) is 10.4 Å². The highest BCUT2D eigenvalue weighted by molar-refractivity contribution is 4.92. The van der Waals surface area contributed by atoms with Crippen LogP contribution < -0.4 is 0 Å². The molecule has 0 saturated carbocycles. The van der Waals surface area contributed by atoms with E-state index < -0.39 is 30.7 Å². The molecule has 0 aromatic rings. The minimum absolute atomic E-state index is 0.00434. The van der Waals surface area contributed by atoms with Crippen LogP contribution in [0.4, 0.5) is 0 Å². The summed E-state index contributed by atoms with van der Waals surface area (Å²) in [5.74, 6) is 0. The summed E-state index contributed by atoms with van der Waals surface area (Å²) in [5.41, 5.74) is 8.41. The van der Waals surface area contributed by atoms with E-state index >= 15 is 0 Å². The lowest BCUT2D eigenvalue weighted by molar-refractivity contribution is -0.311. The van der Waals surface area contributed by atoms with Gasteiger partial charge in [-0.1, -0.05) is 5.11 Å². The summed E-state index contributed by atoms with van der Waals surface area (Å²) in [6.45, 7) is 7.19. The van der Waals surface area contributed by atoms with Gasteiger partial charge in [0.1, 0.15) is 18.3 Å². The normalized spacial score (nSPS) is 34.3. The summed E-state index contributed by atoms with van der Waals surface area (Å²) in [6, 6.07) is 0. The summed E-state index contributed by atoms with van der Waals surface area (Å²) in [6.07, 6.45) is -5.16. The molecule has 1 aliphatic heterocycles. The van der Waals surface area contributed by atoms with Crippen molar-refractivity contribution in [3.05, 3.63) is 10.4 Å². The molecule has 0 bridgehead atoms. The Balaban J connectivity index is 2.85. The van der Waals surface area contributed by atoms with Gasteiger partial charge in [-0.3, -0.25) is 0 Å². The molecule has 0 aromatic carbocycles. The van der Waals surface area contributed by atoms with E-state index in [0.717, 1.165) is 0 Å². The molecule has 0 aromatic heterocycles. The first-order valence-electron chi connectivity index (χ1n) is 6.70. The van der Waals surface area contributed by atoms with Crippen LogP contribution in [0.1, 0.15) is 27.7 Å². The van der Waals surface area contributed by atoms with E-state index in [1.165, 1.54) is 0 Å². The zero-order valence-electron chi connectivity index (χ0n) is 12.2. The van der Waals surface area contributed by atoms with Gasteiger partial charge in [0.2, 0.25) is 0 Å². The van der Waals surface area contributed by atoms with Gasteiger partial charge in [0.25, 0.3) is 0 Å². The van der Waals surface area contributed by atoms with Gasteiger partial charge in [-0.05, 0) is 33.2 Å². The fourth-order valence-corrected chi connectivity index (χ4v) is 2.03. The lowest BCUT2D eigenvalue weighted by Crippen LogP contribution is -2.60. The molecule has 2 N–H and O–H groups in total. The van der Waals surface area contributed by atoms with Crippen molar-refractivity contribution in [2.75, 3.05) is 6.54 Å². The number of hydrogen-bond acceptors (Lipinski definition) is 6. The van der Waals surface area contributed by atoms with Gasteiger partial charge in [0, 0.05) is 4.91 Å². The SMILES string of the molecule is CC(C)O[C@@H]1OC(CN=[N+]=[N-])[C@@H](OC(C)C)C(O)C1O. The molecule has 1 saturated heterocycles. The van der Waals surface area contributed by atoms with Crippen LogP contribution in [-0.2, 0) is 14.2 Å². The van der Waals surface area contributed by atoms with Gasteiger partial charge in [-0.15, -0.1) is 0 Å². The predicted octanol–water partition coefficient (Wildman–Crippen LogP) is 0.962. The highest BCUT2D eigenvalue weighted by Gasteiger charge is 2.46. The molecule has 5 atom stereocenters. The highest BCUT2D eigenvalue weighted by Crippen LogP contribution is 2.26. The van der Waals surface area contributed by atoms with Gasteiger partial charge in [0.05, 0.1) is 24.9 Å². The van der Waals surface area contributed by atoms with Gasteiger partial charge in [-0.2, -0.15) is 0 Å². The average molecular weight is 289 g/mol. The van der Waals surface area contributed by atoms with E-state index in [1.807, 2.05) is 0 Å². The minimum Gasteiger partial charge on any atom is -0.387 e. The third-order valence-corrected chi connectivity index (χ3v) is 2.80. The molecule has 3 unspecified atom stereocenters. The first-order valence-corrected chi connectivity index (χ1v) is 6.70. The van der Waals surface area contributed by atoms with Crippen LogP contribution >= 0.6 is 0 Å². The van der Waals surface area contributed by atoms with Crippen molar-refractivity contribution in [1.29, 1.82) is 0 Å². The topological polar surface area (TPSA) is 117 Å². The van der Waals surface area contributed by atoms with Gasteiger partial charge in [-0.25, -0.2) is 0 Å². The number of nitrogens with zero attached hydrogens (tertiary/aromatic N) is 3. The van der Waals surface area contributed by atoms with Crippen molar-refractivity contribution in [3.63, 3.8) is 0 Å². The van der Waals surface area contributed by atoms with Crippen LogP contribution in [0.15, 0.2) is 5.11 Å². The maximum atomic E-state index is 10.2. The number of aliphatic hydroxyl groups excluding tert-OH is 2. The lowest BCUT2D eigenvalue weighted by Gasteiger charge is -2.43. The highest BCUT2D eigenvalue weighted by atomic mass is 16.7. The Morgan fingerprint density at radius 2 is 1.75 bits per heavy atom. The second-order valence-corrected chi connectivity index (χ2v) is 5.27. The van der Waals surface area contributed by atoms with E-state index in [9.17, 15) is 10.2 Å². The number of azide groups is 1.